The summed E-state index contributed by atoms with van der Waals surface area (Å²) in [6.07, 6.45) is 0. The van der Waals surface area contributed by atoms with Gasteiger partial charge in [-0.2, -0.15) is 4.31 Å². The Kier molecular flexibility index (Phi) is 5.99. The number of nitrogens with zero attached hydrogens (tertiary/aromatic N) is 1. The highest BCUT2D eigenvalue weighted by Gasteiger charge is 2.22. The third-order valence-corrected chi connectivity index (χ3v) is 5.94. The highest BCUT2D eigenvalue weighted by Crippen LogP contribution is 2.27. The van der Waals surface area contributed by atoms with E-state index in [0.29, 0.717) is 18.7 Å². The van der Waals surface area contributed by atoms with E-state index >= 15 is 0 Å². The number of carbonyl (C=O) groups excluding carboxylic acids is 1. The summed E-state index contributed by atoms with van der Waals surface area (Å²) in [5.41, 5.74) is 0.726. The lowest BCUT2D eigenvalue weighted by atomic mass is 10.2. The maximum Gasteiger partial charge on any atom is 0.255 e. The normalized spacial score (nSPS) is 11.5. The van der Waals surface area contributed by atoms with Crippen LogP contribution in [-0.2, 0) is 10.0 Å². The first-order valence-electron chi connectivity index (χ1n) is 7.56. The van der Waals surface area contributed by atoms with Crippen molar-refractivity contribution >= 4 is 33.2 Å². The Morgan fingerprint density at radius 3 is 2.29 bits per heavy atom. The van der Waals surface area contributed by atoms with E-state index in [0.717, 1.165) is 0 Å². The van der Waals surface area contributed by atoms with E-state index in [4.69, 9.17) is 11.6 Å². The molecule has 0 saturated heterocycles. The maximum atomic E-state index is 12.6. The molecule has 0 unspecified atom stereocenters. The minimum atomic E-state index is -3.62. The smallest absolute Gasteiger partial charge is 0.255 e. The number of halogens is 1. The highest BCUT2D eigenvalue weighted by atomic mass is 35.5. The maximum absolute atomic E-state index is 12.6. The summed E-state index contributed by atoms with van der Waals surface area (Å²) < 4.78 is 26.5. The minimum absolute atomic E-state index is 0.0963. The van der Waals surface area contributed by atoms with Crippen molar-refractivity contribution in [2.24, 2.45) is 0 Å². The number of nitrogens with one attached hydrogen (secondary N) is 1. The number of hydrogen-bond acceptors (Lipinski definition) is 3. The summed E-state index contributed by atoms with van der Waals surface area (Å²) in [7, 11) is -3.62. The van der Waals surface area contributed by atoms with Gasteiger partial charge in [0, 0.05) is 18.7 Å². The van der Waals surface area contributed by atoms with Crippen LogP contribution in [-0.4, -0.2) is 31.7 Å². The standard InChI is InChI=1S/C17H19ClN2O3S/c1-3-20(4-2)24(22,23)14-10-11-15(18)16(12-14)19-17(21)13-8-6-5-7-9-13/h5-12H,3-4H2,1-2H3,(H,19,21). The zero-order valence-corrected chi connectivity index (χ0v) is 15.1. The van der Waals surface area contributed by atoms with Gasteiger partial charge in [-0.1, -0.05) is 43.6 Å². The molecular weight excluding hydrogens is 348 g/mol. The zero-order valence-electron chi connectivity index (χ0n) is 13.5. The van der Waals surface area contributed by atoms with Gasteiger partial charge in [0.15, 0.2) is 0 Å². The van der Waals surface area contributed by atoms with E-state index in [1.165, 1.54) is 22.5 Å². The molecule has 0 aliphatic heterocycles. The fraction of sp³-hybridized carbons (Fsp3) is 0.235. The van der Waals surface area contributed by atoms with Crippen LogP contribution in [0, 0.1) is 0 Å². The number of hydrogen-bond donors (Lipinski definition) is 1. The summed E-state index contributed by atoms with van der Waals surface area (Å²) in [5.74, 6) is -0.352. The van der Waals surface area contributed by atoms with Crippen LogP contribution in [0.5, 0.6) is 0 Å². The third kappa shape index (κ3) is 3.95. The van der Waals surface area contributed by atoms with Gasteiger partial charge < -0.3 is 5.32 Å². The van der Waals surface area contributed by atoms with Crippen LogP contribution in [0.25, 0.3) is 0 Å². The van der Waals surface area contributed by atoms with Gasteiger partial charge in [-0.05, 0) is 30.3 Å². The first kappa shape index (κ1) is 18.4. The van der Waals surface area contributed by atoms with Gasteiger partial charge in [0.05, 0.1) is 15.6 Å². The van der Waals surface area contributed by atoms with Gasteiger partial charge in [0.2, 0.25) is 10.0 Å². The Labute approximate surface area is 147 Å². The Balaban J connectivity index is 2.34. The molecule has 0 radical (unpaired) electrons. The summed E-state index contributed by atoms with van der Waals surface area (Å²) in [6, 6.07) is 12.9. The van der Waals surface area contributed by atoms with Crippen LogP contribution in [0.4, 0.5) is 5.69 Å². The Hall–Kier alpha value is -1.89. The molecule has 2 aromatic carbocycles. The quantitative estimate of drug-likeness (QED) is 0.849. The predicted octanol–water partition coefficient (Wildman–Crippen LogP) is 3.62. The first-order valence-corrected chi connectivity index (χ1v) is 9.38. The van der Waals surface area contributed by atoms with Crippen LogP contribution >= 0.6 is 11.6 Å². The van der Waals surface area contributed by atoms with Crippen molar-refractivity contribution in [3.05, 3.63) is 59.1 Å². The van der Waals surface area contributed by atoms with Gasteiger partial charge in [0.1, 0.15) is 0 Å². The number of anilines is 1. The number of rotatable bonds is 6. The molecule has 0 aromatic heterocycles. The van der Waals surface area contributed by atoms with Crippen LogP contribution in [0.2, 0.25) is 5.02 Å². The second-order valence-corrected chi connectivity index (χ2v) is 7.40. The van der Waals surface area contributed by atoms with Crippen molar-refractivity contribution in [1.29, 1.82) is 0 Å². The molecule has 2 rings (SSSR count). The zero-order chi connectivity index (χ0) is 17.7. The molecule has 2 aromatic rings. The number of carbonyl (C=O) groups is 1. The monoisotopic (exact) mass is 366 g/mol. The van der Waals surface area contributed by atoms with Crippen molar-refractivity contribution in [2.45, 2.75) is 18.7 Å². The largest absolute Gasteiger partial charge is 0.321 e. The summed E-state index contributed by atoms with van der Waals surface area (Å²) in [6.45, 7) is 4.28. The molecule has 0 aliphatic carbocycles. The Bertz CT molecular complexity index is 819. The van der Waals surface area contributed by atoms with Crippen molar-refractivity contribution in [1.82, 2.24) is 4.31 Å². The van der Waals surface area contributed by atoms with Gasteiger partial charge in [-0.25, -0.2) is 8.42 Å². The second-order valence-electron chi connectivity index (χ2n) is 5.05. The van der Waals surface area contributed by atoms with Gasteiger partial charge >= 0.3 is 0 Å². The summed E-state index contributed by atoms with van der Waals surface area (Å²) in [4.78, 5) is 12.3. The number of amides is 1. The lowest BCUT2D eigenvalue weighted by molar-refractivity contribution is 0.102. The van der Waals surface area contributed by atoms with E-state index in [1.54, 1.807) is 44.2 Å². The second kappa shape index (κ2) is 7.79. The Morgan fingerprint density at radius 2 is 1.71 bits per heavy atom. The van der Waals surface area contributed by atoms with Crippen LogP contribution in [0.1, 0.15) is 24.2 Å². The summed E-state index contributed by atoms with van der Waals surface area (Å²) >= 11 is 6.10. The molecule has 0 aliphatic rings. The molecule has 0 fully saturated rings. The van der Waals surface area contributed by atoms with Crippen molar-refractivity contribution in [2.75, 3.05) is 18.4 Å². The van der Waals surface area contributed by atoms with Gasteiger partial charge in [0.25, 0.3) is 5.91 Å². The molecule has 0 spiro atoms. The van der Waals surface area contributed by atoms with Crippen LogP contribution in [0.15, 0.2) is 53.4 Å². The van der Waals surface area contributed by atoms with E-state index in [1.807, 2.05) is 0 Å². The molecule has 0 heterocycles. The fourth-order valence-corrected chi connectivity index (χ4v) is 3.91. The van der Waals surface area contributed by atoms with E-state index < -0.39 is 10.0 Å². The van der Waals surface area contributed by atoms with E-state index in [2.05, 4.69) is 5.32 Å². The molecule has 128 valence electrons. The molecular formula is C17H19ClN2O3S. The third-order valence-electron chi connectivity index (χ3n) is 3.57. The molecule has 1 amide bonds. The van der Waals surface area contributed by atoms with Crippen molar-refractivity contribution in [3.63, 3.8) is 0 Å². The average Bonchev–Trinajstić information content (AvgIpc) is 2.58. The molecule has 0 atom stereocenters. The highest BCUT2D eigenvalue weighted by molar-refractivity contribution is 7.89. The summed E-state index contributed by atoms with van der Waals surface area (Å²) in [5, 5.41) is 2.94. The van der Waals surface area contributed by atoms with Gasteiger partial charge in [-0.3, -0.25) is 4.79 Å². The topological polar surface area (TPSA) is 66.5 Å². The molecule has 0 saturated carbocycles. The lowest BCUT2D eigenvalue weighted by Crippen LogP contribution is -2.30. The van der Waals surface area contributed by atoms with E-state index in [-0.39, 0.29) is 21.5 Å². The first-order chi connectivity index (χ1) is 11.4. The minimum Gasteiger partial charge on any atom is -0.321 e. The molecule has 7 heteroatoms. The molecule has 24 heavy (non-hydrogen) atoms. The molecule has 0 bridgehead atoms. The molecule has 1 N–H and O–H groups in total. The fourth-order valence-electron chi connectivity index (χ4n) is 2.26. The van der Waals surface area contributed by atoms with Crippen LogP contribution < -0.4 is 5.32 Å². The van der Waals surface area contributed by atoms with Crippen molar-refractivity contribution < 1.29 is 13.2 Å². The Morgan fingerprint density at radius 1 is 1.08 bits per heavy atom. The number of sulfonamides is 1. The predicted molar refractivity (Wildman–Crippen MR) is 96.0 cm³/mol. The SMILES string of the molecule is CCN(CC)S(=O)(=O)c1ccc(Cl)c(NC(=O)c2ccccc2)c1. The number of benzene rings is 2. The molecule has 5 nitrogen and oxygen atoms in total. The van der Waals surface area contributed by atoms with Crippen LogP contribution in [0.3, 0.4) is 0 Å². The lowest BCUT2D eigenvalue weighted by Gasteiger charge is -2.19. The van der Waals surface area contributed by atoms with Crippen molar-refractivity contribution in [3.8, 4) is 0 Å². The average molecular weight is 367 g/mol. The van der Waals surface area contributed by atoms with E-state index in [9.17, 15) is 13.2 Å². The van der Waals surface area contributed by atoms with Gasteiger partial charge in [-0.15, -0.1) is 0 Å².